The van der Waals surface area contributed by atoms with Crippen LogP contribution in [0.2, 0.25) is 0 Å². The van der Waals surface area contributed by atoms with Gasteiger partial charge < -0.3 is 10.6 Å². The molecule has 0 bridgehead atoms. The Labute approximate surface area is 109 Å². The van der Waals surface area contributed by atoms with E-state index >= 15 is 0 Å². The molecule has 2 heterocycles. The summed E-state index contributed by atoms with van der Waals surface area (Å²) in [5.41, 5.74) is 6.80. The topological polar surface area (TPSA) is 101 Å². The Kier molecular flexibility index (Phi) is 3.16. The van der Waals surface area contributed by atoms with Crippen LogP contribution in [0, 0.1) is 11.3 Å². The fourth-order valence-corrected chi connectivity index (χ4v) is 1.51. The van der Waals surface area contributed by atoms with Crippen LogP contribution >= 0.6 is 0 Å². The number of rotatable bonds is 2. The molecule has 0 unspecified atom stereocenters. The summed E-state index contributed by atoms with van der Waals surface area (Å²) in [6.45, 7) is 0. The predicted molar refractivity (Wildman–Crippen MR) is 68.5 cm³/mol. The minimum Gasteiger partial charge on any atom is -0.396 e. The minimum atomic E-state index is -0.203. The smallest absolute Gasteiger partial charge is 0.273 e. The lowest BCUT2D eigenvalue weighted by atomic mass is 10.3. The van der Waals surface area contributed by atoms with Crippen LogP contribution in [0.1, 0.15) is 16.1 Å². The second-order valence-electron chi connectivity index (χ2n) is 4.09. The molecule has 7 nitrogen and oxygen atoms in total. The summed E-state index contributed by atoms with van der Waals surface area (Å²) in [6, 6.07) is 5.05. The van der Waals surface area contributed by atoms with E-state index in [1.165, 1.54) is 21.8 Å². The van der Waals surface area contributed by atoms with Crippen molar-refractivity contribution in [2.75, 3.05) is 19.8 Å². The van der Waals surface area contributed by atoms with E-state index in [1.54, 1.807) is 26.4 Å². The lowest BCUT2D eigenvalue weighted by molar-refractivity contribution is 0.0821. The summed E-state index contributed by atoms with van der Waals surface area (Å²) in [4.78, 5) is 17.2. The summed E-state index contributed by atoms with van der Waals surface area (Å²) in [6.07, 6.45) is 3.00. The molecule has 19 heavy (non-hydrogen) atoms. The maximum absolute atomic E-state index is 11.7. The van der Waals surface area contributed by atoms with E-state index in [1.807, 2.05) is 6.07 Å². The average molecular weight is 256 g/mol. The number of aromatic nitrogens is 3. The van der Waals surface area contributed by atoms with Crippen molar-refractivity contribution in [2.24, 2.45) is 0 Å². The van der Waals surface area contributed by atoms with E-state index in [0.29, 0.717) is 22.8 Å². The first-order chi connectivity index (χ1) is 9.02. The molecule has 2 aromatic heterocycles. The van der Waals surface area contributed by atoms with Crippen molar-refractivity contribution in [2.45, 2.75) is 0 Å². The Hall–Kier alpha value is -2.88. The van der Waals surface area contributed by atoms with Gasteiger partial charge in [-0.15, -0.1) is 0 Å². The van der Waals surface area contributed by atoms with Crippen molar-refractivity contribution < 1.29 is 4.79 Å². The molecular formula is C12H12N6O. The first kappa shape index (κ1) is 12.6. The van der Waals surface area contributed by atoms with Crippen LogP contribution in [0.4, 0.5) is 5.69 Å². The molecule has 0 fully saturated rings. The van der Waals surface area contributed by atoms with Gasteiger partial charge in [0.1, 0.15) is 6.07 Å². The molecule has 0 saturated carbocycles. The van der Waals surface area contributed by atoms with Crippen molar-refractivity contribution >= 4 is 11.6 Å². The zero-order valence-corrected chi connectivity index (χ0v) is 10.5. The van der Waals surface area contributed by atoms with Gasteiger partial charge in [0.25, 0.3) is 5.91 Å². The SMILES string of the molecule is CN(C)C(=O)c1ccn(-c2ncc(C#N)cc2N)n1. The number of amides is 1. The van der Waals surface area contributed by atoms with Gasteiger partial charge in [-0.2, -0.15) is 10.4 Å². The van der Waals surface area contributed by atoms with E-state index in [0.717, 1.165) is 0 Å². The second kappa shape index (κ2) is 4.78. The first-order valence-electron chi connectivity index (χ1n) is 5.46. The monoisotopic (exact) mass is 256 g/mol. The van der Waals surface area contributed by atoms with Crippen molar-refractivity contribution in [1.29, 1.82) is 5.26 Å². The zero-order valence-electron chi connectivity index (χ0n) is 10.5. The van der Waals surface area contributed by atoms with Crippen LogP contribution in [0.3, 0.4) is 0 Å². The molecule has 96 valence electrons. The van der Waals surface area contributed by atoms with Crippen molar-refractivity contribution in [3.8, 4) is 11.9 Å². The van der Waals surface area contributed by atoms with E-state index in [9.17, 15) is 4.79 Å². The van der Waals surface area contributed by atoms with Gasteiger partial charge >= 0.3 is 0 Å². The molecule has 2 aromatic rings. The third-order valence-corrected chi connectivity index (χ3v) is 2.46. The lowest BCUT2D eigenvalue weighted by Crippen LogP contribution is -2.22. The third-order valence-electron chi connectivity index (χ3n) is 2.46. The Balaban J connectivity index is 2.39. The van der Waals surface area contributed by atoms with Gasteiger partial charge in [0.05, 0.1) is 11.3 Å². The Bertz CT molecular complexity index is 667. The van der Waals surface area contributed by atoms with Gasteiger partial charge in [0, 0.05) is 26.5 Å². The summed E-state index contributed by atoms with van der Waals surface area (Å²) < 4.78 is 1.41. The van der Waals surface area contributed by atoms with Crippen LogP contribution in [0.15, 0.2) is 24.5 Å². The number of pyridine rings is 1. The third kappa shape index (κ3) is 2.37. The molecule has 0 saturated heterocycles. The van der Waals surface area contributed by atoms with E-state index in [2.05, 4.69) is 10.1 Å². The van der Waals surface area contributed by atoms with Gasteiger partial charge in [-0.25, -0.2) is 9.67 Å². The molecule has 0 spiro atoms. The molecule has 0 aromatic carbocycles. The quantitative estimate of drug-likeness (QED) is 0.839. The maximum atomic E-state index is 11.7. The standard InChI is InChI=1S/C12H12N6O/c1-17(2)12(19)10-3-4-18(16-10)11-9(14)5-8(6-13)7-15-11/h3-5,7H,14H2,1-2H3. The van der Waals surface area contributed by atoms with E-state index < -0.39 is 0 Å². The van der Waals surface area contributed by atoms with Gasteiger partial charge in [-0.05, 0) is 12.1 Å². The maximum Gasteiger partial charge on any atom is 0.273 e. The Morgan fingerprint density at radius 2 is 2.26 bits per heavy atom. The molecule has 0 aliphatic carbocycles. The van der Waals surface area contributed by atoms with Crippen LogP contribution in [-0.4, -0.2) is 39.7 Å². The average Bonchev–Trinajstić information content (AvgIpc) is 2.86. The number of carbonyl (C=O) groups excluding carboxylic acids is 1. The molecule has 1 amide bonds. The second-order valence-corrected chi connectivity index (χ2v) is 4.09. The van der Waals surface area contributed by atoms with Gasteiger partial charge in [-0.3, -0.25) is 4.79 Å². The fraction of sp³-hybridized carbons (Fsp3) is 0.167. The highest BCUT2D eigenvalue weighted by Gasteiger charge is 2.13. The number of nitrogens with two attached hydrogens (primary N) is 1. The molecule has 0 radical (unpaired) electrons. The number of nitriles is 1. The van der Waals surface area contributed by atoms with Crippen LogP contribution in [-0.2, 0) is 0 Å². The number of carbonyl (C=O) groups is 1. The number of hydrogen-bond donors (Lipinski definition) is 1. The Morgan fingerprint density at radius 1 is 1.53 bits per heavy atom. The van der Waals surface area contributed by atoms with Crippen LogP contribution in [0.5, 0.6) is 0 Å². The predicted octanol–water partition coefficient (Wildman–Crippen LogP) is 0.423. The van der Waals surface area contributed by atoms with E-state index in [4.69, 9.17) is 11.0 Å². The normalized spacial score (nSPS) is 9.95. The fourth-order valence-electron chi connectivity index (χ4n) is 1.51. The highest BCUT2D eigenvalue weighted by molar-refractivity contribution is 5.91. The van der Waals surface area contributed by atoms with Crippen molar-refractivity contribution in [1.82, 2.24) is 19.7 Å². The molecule has 0 aliphatic heterocycles. The molecule has 2 N–H and O–H groups in total. The molecule has 7 heteroatoms. The van der Waals surface area contributed by atoms with E-state index in [-0.39, 0.29) is 5.91 Å². The Morgan fingerprint density at radius 3 is 2.84 bits per heavy atom. The molecular weight excluding hydrogens is 244 g/mol. The molecule has 0 atom stereocenters. The van der Waals surface area contributed by atoms with Crippen molar-refractivity contribution in [3.63, 3.8) is 0 Å². The summed E-state index contributed by atoms with van der Waals surface area (Å²) >= 11 is 0. The highest BCUT2D eigenvalue weighted by Crippen LogP contribution is 2.15. The number of nitrogen functional groups attached to an aromatic ring is 1. The summed E-state index contributed by atoms with van der Waals surface area (Å²) in [5, 5.41) is 12.9. The van der Waals surface area contributed by atoms with Crippen molar-refractivity contribution in [3.05, 3.63) is 35.8 Å². The minimum absolute atomic E-state index is 0.203. The van der Waals surface area contributed by atoms with Gasteiger partial charge in [0.15, 0.2) is 11.5 Å². The van der Waals surface area contributed by atoms with Crippen LogP contribution < -0.4 is 5.73 Å². The summed E-state index contributed by atoms with van der Waals surface area (Å²) in [7, 11) is 3.30. The zero-order chi connectivity index (χ0) is 14.0. The van der Waals surface area contributed by atoms with Crippen LogP contribution in [0.25, 0.3) is 5.82 Å². The number of anilines is 1. The highest BCUT2D eigenvalue weighted by atomic mass is 16.2. The number of nitrogens with zero attached hydrogens (tertiary/aromatic N) is 5. The molecule has 0 aliphatic rings. The first-order valence-corrected chi connectivity index (χ1v) is 5.46. The van der Waals surface area contributed by atoms with Gasteiger partial charge in [-0.1, -0.05) is 0 Å². The number of hydrogen-bond acceptors (Lipinski definition) is 5. The summed E-state index contributed by atoms with van der Waals surface area (Å²) in [5.74, 6) is 0.183. The van der Waals surface area contributed by atoms with Gasteiger partial charge in [0.2, 0.25) is 0 Å². The lowest BCUT2D eigenvalue weighted by Gasteiger charge is -2.07. The molecule has 2 rings (SSSR count). The largest absolute Gasteiger partial charge is 0.396 e.